The normalized spacial score (nSPS) is 10.4. The number of hydrogen-bond acceptors (Lipinski definition) is 4. The molecule has 2 rings (SSSR count). The number of rotatable bonds is 3. The lowest BCUT2D eigenvalue weighted by Gasteiger charge is -2.02. The highest BCUT2D eigenvalue weighted by Gasteiger charge is 2.08. The average Bonchev–Trinajstić information content (AvgIpc) is 2.67. The number of aromatic nitrogens is 2. The maximum absolute atomic E-state index is 4.20. The Morgan fingerprint density at radius 1 is 1.25 bits per heavy atom. The number of hydrogen-bond donors (Lipinski definition) is 1. The summed E-state index contributed by atoms with van der Waals surface area (Å²) in [6.45, 7) is 7.14. The monoisotopic (exact) mass is 233 g/mol. The standard InChI is InChI=1S/C12H15N3S/c1-4-13-12-15-14-11(16-12)10-6-5-8(2)7-9(10)3/h5-7H,4H2,1-3H3,(H,13,15). The average molecular weight is 233 g/mol. The molecule has 4 heteroatoms. The van der Waals surface area contributed by atoms with E-state index in [-0.39, 0.29) is 0 Å². The molecule has 0 fully saturated rings. The van der Waals surface area contributed by atoms with Crippen molar-refractivity contribution >= 4 is 16.5 Å². The molecule has 0 radical (unpaired) electrons. The molecule has 0 atom stereocenters. The minimum Gasteiger partial charge on any atom is -0.360 e. The van der Waals surface area contributed by atoms with E-state index in [0.29, 0.717) is 0 Å². The molecule has 0 aliphatic carbocycles. The maximum atomic E-state index is 4.20. The van der Waals surface area contributed by atoms with Crippen molar-refractivity contribution in [2.45, 2.75) is 20.8 Å². The van der Waals surface area contributed by atoms with E-state index in [1.807, 2.05) is 0 Å². The summed E-state index contributed by atoms with van der Waals surface area (Å²) >= 11 is 1.60. The van der Waals surface area contributed by atoms with E-state index >= 15 is 0 Å². The largest absolute Gasteiger partial charge is 0.360 e. The van der Waals surface area contributed by atoms with Gasteiger partial charge in [-0.1, -0.05) is 35.1 Å². The molecule has 1 aromatic carbocycles. The number of nitrogens with one attached hydrogen (secondary N) is 1. The third-order valence-corrected chi connectivity index (χ3v) is 3.28. The van der Waals surface area contributed by atoms with Gasteiger partial charge in [0, 0.05) is 12.1 Å². The molecule has 2 aromatic rings. The molecule has 84 valence electrons. The molecule has 0 saturated heterocycles. The summed E-state index contributed by atoms with van der Waals surface area (Å²) in [5.41, 5.74) is 3.70. The van der Waals surface area contributed by atoms with Crippen LogP contribution < -0.4 is 5.32 Å². The van der Waals surface area contributed by atoms with E-state index in [1.54, 1.807) is 11.3 Å². The van der Waals surface area contributed by atoms with Crippen molar-refractivity contribution < 1.29 is 0 Å². The first-order chi connectivity index (χ1) is 7.70. The summed E-state index contributed by atoms with van der Waals surface area (Å²) in [6.07, 6.45) is 0. The number of nitrogens with zero attached hydrogens (tertiary/aromatic N) is 2. The van der Waals surface area contributed by atoms with Crippen LogP contribution in [0.4, 0.5) is 5.13 Å². The first-order valence-corrected chi connectivity index (χ1v) is 6.17. The summed E-state index contributed by atoms with van der Waals surface area (Å²) in [5.74, 6) is 0. The van der Waals surface area contributed by atoms with E-state index in [4.69, 9.17) is 0 Å². The van der Waals surface area contributed by atoms with E-state index < -0.39 is 0 Å². The third kappa shape index (κ3) is 2.22. The second-order valence-electron chi connectivity index (χ2n) is 3.76. The van der Waals surface area contributed by atoms with Crippen LogP contribution in [0.3, 0.4) is 0 Å². The summed E-state index contributed by atoms with van der Waals surface area (Å²) in [4.78, 5) is 0. The Labute approximate surface area is 99.5 Å². The topological polar surface area (TPSA) is 37.8 Å². The predicted octanol–water partition coefficient (Wildman–Crippen LogP) is 3.25. The Hall–Kier alpha value is -1.42. The van der Waals surface area contributed by atoms with Gasteiger partial charge in [-0.05, 0) is 26.3 Å². The Balaban J connectivity index is 2.35. The Morgan fingerprint density at radius 2 is 2.06 bits per heavy atom. The third-order valence-electron chi connectivity index (χ3n) is 2.37. The van der Waals surface area contributed by atoms with E-state index in [2.05, 4.69) is 54.5 Å². The van der Waals surface area contributed by atoms with Gasteiger partial charge in [0.1, 0.15) is 5.01 Å². The van der Waals surface area contributed by atoms with Crippen LogP contribution >= 0.6 is 11.3 Å². The molecule has 1 N–H and O–H groups in total. The molecule has 0 aliphatic heterocycles. The van der Waals surface area contributed by atoms with Gasteiger partial charge in [-0.2, -0.15) is 0 Å². The van der Waals surface area contributed by atoms with Crippen molar-refractivity contribution in [3.8, 4) is 10.6 Å². The van der Waals surface area contributed by atoms with Crippen LogP contribution in [0.1, 0.15) is 18.1 Å². The highest BCUT2D eigenvalue weighted by atomic mass is 32.1. The van der Waals surface area contributed by atoms with Gasteiger partial charge in [0.2, 0.25) is 5.13 Å². The SMILES string of the molecule is CCNc1nnc(-c2ccc(C)cc2C)s1. The first-order valence-electron chi connectivity index (χ1n) is 5.35. The van der Waals surface area contributed by atoms with Gasteiger partial charge in [-0.25, -0.2) is 0 Å². The van der Waals surface area contributed by atoms with Gasteiger partial charge >= 0.3 is 0 Å². The predicted molar refractivity (Wildman–Crippen MR) is 69.0 cm³/mol. The Kier molecular flexibility index (Phi) is 3.19. The molecule has 1 heterocycles. The molecule has 0 spiro atoms. The summed E-state index contributed by atoms with van der Waals surface area (Å²) < 4.78 is 0. The molecule has 0 bridgehead atoms. The first kappa shape index (κ1) is 11.1. The van der Waals surface area contributed by atoms with Gasteiger partial charge in [0.15, 0.2) is 0 Å². The van der Waals surface area contributed by atoms with Crippen LogP contribution in [0.2, 0.25) is 0 Å². The van der Waals surface area contributed by atoms with Crippen molar-refractivity contribution in [2.24, 2.45) is 0 Å². The smallest absolute Gasteiger partial charge is 0.205 e. The highest BCUT2D eigenvalue weighted by Crippen LogP contribution is 2.29. The number of aryl methyl sites for hydroxylation is 2. The molecule has 1 aromatic heterocycles. The fourth-order valence-electron chi connectivity index (χ4n) is 1.61. The summed E-state index contributed by atoms with van der Waals surface area (Å²) in [7, 11) is 0. The molecule has 3 nitrogen and oxygen atoms in total. The highest BCUT2D eigenvalue weighted by molar-refractivity contribution is 7.18. The van der Waals surface area contributed by atoms with Gasteiger partial charge in [0.05, 0.1) is 0 Å². The second-order valence-corrected chi connectivity index (χ2v) is 4.74. The zero-order valence-corrected chi connectivity index (χ0v) is 10.6. The van der Waals surface area contributed by atoms with E-state index in [0.717, 1.165) is 16.7 Å². The number of anilines is 1. The fourth-order valence-corrected chi connectivity index (χ4v) is 2.51. The lowest BCUT2D eigenvalue weighted by atomic mass is 10.1. The van der Waals surface area contributed by atoms with Crippen molar-refractivity contribution in [1.82, 2.24) is 10.2 Å². The molecular weight excluding hydrogens is 218 g/mol. The quantitative estimate of drug-likeness (QED) is 0.884. The van der Waals surface area contributed by atoms with Crippen LogP contribution in [0.25, 0.3) is 10.6 Å². The molecule has 16 heavy (non-hydrogen) atoms. The molecular formula is C12H15N3S. The Bertz CT molecular complexity index is 491. The van der Waals surface area contributed by atoms with Crippen molar-refractivity contribution in [2.75, 3.05) is 11.9 Å². The fraction of sp³-hybridized carbons (Fsp3) is 0.333. The summed E-state index contributed by atoms with van der Waals surface area (Å²) in [5, 5.41) is 13.3. The Morgan fingerprint density at radius 3 is 2.75 bits per heavy atom. The second kappa shape index (κ2) is 4.61. The molecule has 0 saturated carbocycles. The molecule has 0 aliphatic rings. The number of benzene rings is 1. The van der Waals surface area contributed by atoms with E-state index in [1.165, 1.54) is 16.7 Å². The zero-order chi connectivity index (χ0) is 11.5. The molecule has 0 unspecified atom stereocenters. The van der Waals surface area contributed by atoms with Gasteiger partial charge in [0.25, 0.3) is 0 Å². The van der Waals surface area contributed by atoms with Crippen molar-refractivity contribution in [1.29, 1.82) is 0 Å². The van der Waals surface area contributed by atoms with Crippen LogP contribution in [-0.4, -0.2) is 16.7 Å². The van der Waals surface area contributed by atoms with Crippen molar-refractivity contribution in [3.63, 3.8) is 0 Å². The minimum absolute atomic E-state index is 0.877. The lowest BCUT2D eigenvalue weighted by molar-refractivity contribution is 1.07. The lowest BCUT2D eigenvalue weighted by Crippen LogP contribution is -1.94. The van der Waals surface area contributed by atoms with Crippen LogP contribution in [0.15, 0.2) is 18.2 Å². The minimum atomic E-state index is 0.877. The van der Waals surface area contributed by atoms with Crippen molar-refractivity contribution in [3.05, 3.63) is 29.3 Å². The molecule has 0 amide bonds. The van der Waals surface area contributed by atoms with Crippen LogP contribution in [0, 0.1) is 13.8 Å². The van der Waals surface area contributed by atoms with Gasteiger partial charge in [-0.15, -0.1) is 10.2 Å². The van der Waals surface area contributed by atoms with Gasteiger partial charge in [-0.3, -0.25) is 0 Å². The van der Waals surface area contributed by atoms with E-state index in [9.17, 15) is 0 Å². The maximum Gasteiger partial charge on any atom is 0.205 e. The van der Waals surface area contributed by atoms with Gasteiger partial charge < -0.3 is 5.32 Å². The summed E-state index contributed by atoms with van der Waals surface area (Å²) in [6, 6.07) is 6.39. The zero-order valence-electron chi connectivity index (χ0n) is 9.74. The van der Waals surface area contributed by atoms with Crippen LogP contribution in [-0.2, 0) is 0 Å². The van der Waals surface area contributed by atoms with Crippen LogP contribution in [0.5, 0.6) is 0 Å².